The molecule has 86 valence electrons. The molecule has 0 aromatic carbocycles. The molecule has 0 N–H and O–H groups in total. The number of thioether (sulfide) groups is 1. The van der Waals surface area contributed by atoms with Gasteiger partial charge in [-0.15, -0.1) is 0 Å². The summed E-state index contributed by atoms with van der Waals surface area (Å²) in [6.45, 7) is 6.79. The Morgan fingerprint density at radius 3 is 3.07 bits per heavy atom. The third-order valence-corrected chi connectivity index (χ3v) is 3.33. The van der Waals surface area contributed by atoms with Gasteiger partial charge in [0, 0.05) is 23.7 Å². The topological polar surface area (TPSA) is 35.5 Å². The molecule has 15 heavy (non-hydrogen) atoms. The summed E-state index contributed by atoms with van der Waals surface area (Å²) in [5.41, 5.74) is 0.542. The van der Waals surface area contributed by atoms with E-state index >= 15 is 0 Å². The Balaban J connectivity index is 2.08. The van der Waals surface area contributed by atoms with Crippen LogP contribution < -0.4 is 0 Å². The number of carbonyl (C=O) groups excluding carboxylic acids is 1. The van der Waals surface area contributed by atoms with Gasteiger partial charge in [0.1, 0.15) is 0 Å². The van der Waals surface area contributed by atoms with Crippen LogP contribution in [0.3, 0.4) is 0 Å². The third-order valence-electron chi connectivity index (χ3n) is 2.17. The summed E-state index contributed by atoms with van der Waals surface area (Å²) in [5, 5.41) is 0. The summed E-state index contributed by atoms with van der Waals surface area (Å²) in [6, 6.07) is 0. The minimum Gasteiger partial charge on any atom is -0.463 e. The Labute approximate surface area is 95.2 Å². The maximum absolute atomic E-state index is 11.2. The Hall–Kier alpha value is -0.480. The van der Waals surface area contributed by atoms with Crippen LogP contribution in [-0.2, 0) is 14.3 Å². The summed E-state index contributed by atoms with van der Waals surface area (Å²) in [7, 11) is 0. The molecule has 1 atom stereocenters. The van der Waals surface area contributed by atoms with E-state index in [1.165, 1.54) is 0 Å². The molecule has 0 spiro atoms. The highest BCUT2D eigenvalue weighted by atomic mass is 32.2. The second-order valence-electron chi connectivity index (χ2n) is 3.47. The molecule has 0 radical (unpaired) electrons. The van der Waals surface area contributed by atoms with Crippen LogP contribution in [0.1, 0.15) is 19.8 Å². The first kappa shape index (κ1) is 12.6. The lowest BCUT2D eigenvalue weighted by Gasteiger charge is -2.09. The van der Waals surface area contributed by atoms with E-state index in [4.69, 9.17) is 9.47 Å². The second kappa shape index (κ2) is 6.90. The molecule has 1 aliphatic rings. The SMILES string of the molecule is C=C(CSCC1CCCO1)C(=O)OCC. The fourth-order valence-electron chi connectivity index (χ4n) is 1.38. The van der Waals surface area contributed by atoms with Gasteiger partial charge in [-0.05, 0) is 19.8 Å². The first-order valence-electron chi connectivity index (χ1n) is 5.28. The Morgan fingerprint density at radius 1 is 1.67 bits per heavy atom. The van der Waals surface area contributed by atoms with E-state index in [0.717, 1.165) is 25.2 Å². The molecule has 1 rings (SSSR count). The summed E-state index contributed by atoms with van der Waals surface area (Å²) < 4.78 is 10.3. The van der Waals surface area contributed by atoms with E-state index in [9.17, 15) is 4.79 Å². The molecule has 1 unspecified atom stereocenters. The van der Waals surface area contributed by atoms with Gasteiger partial charge >= 0.3 is 5.97 Å². The van der Waals surface area contributed by atoms with Crippen LogP contribution in [0.4, 0.5) is 0 Å². The smallest absolute Gasteiger partial charge is 0.334 e. The standard InChI is InChI=1S/C11H18O3S/c1-3-13-11(12)9(2)7-15-8-10-5-4-6-14-10/h10H,2-8H2,1H3. The van der Waals surface area contributed by atoms with Crippen molar-refractivity contribution >= 4 is 17.7 Å². The molecule has 0 aromatic rings. The van der Waals surface area contributed by atoms with Gasteiger partial charge < -0.3 is 9.47 Å². The number of carbonyl (C=O) groups is 1. The van der Waals surface area contributed by atoms with Crippen molar-refractivity contribution in [3.63, 3.8) is 0 Å². The van der Waals surface area contributed by atoms with Crippen LogP contribution in [0.5, 0.6) is 0 Å². The average Bonchev–Trinajstić information content (AvgIpc) is 2.71. The van der Waals surface area contributed by atoms with Crippen LogP contribution in [0, 0.1) is 0 Å². The highest BCUT2D eigenvalue weighted by molar-refractivity contribution is 7.99. The summed E-state index contributed by atoms with van der Waals surface area (Å²) in [5.74, 6) is 1.30. The predicted molar refractivity (Wildman–Crippen MR) is 62.1 cm³/mol. The van der Waals surface area contributed by atoms with E-state index < -0.39 is 0 Å². The van der Waals surface area contributed by atoms with Gasteiger partial charge in [-0.3, -0.25) is 0 Å². The molecule has 1 fully saturated rings. The Kier molecular flexibility index (Phi) is 5.79. The molecular formula is C11H18O3S. The van der Waals surface area contributed by atoms with Crippen molar-refractivity contribution in [1.29, 1.82) is 0 Å². The average molecular weight is 230 g/mol. The molecule has 3 nitrogen and oxygen atoms in total. The first-order chi connectivity index (χ1) is 7.24. The van der Waals surface area contributed by atoms with Crippen molar-refractivity contribution in [2.75, 3.05) is 24.7 Å². The zero-order valence-electron chi connectivity index (χ0n) is 9.16. The Bertz CT molecular complexity index is 222. The second-order valence-corrected chi connectivity index (χ2v) is 4.50. The maximum Gasteiger partial charge on any atom is 0.334 e. The number of esters is 1. The monoisotopic (exact) mass is 230 g/mol. The van der Waals surface area contributed by atoms with Gasteiger partial charge in [0.15, 0.2) is 0 Å². The van der Waals surface area contributed by atoms with Crippen LogP contribution in [0.25, 0.3) is 0 Å². The van der Waals surface area contributed by atoms with Gasteiger partial charge in [-0.1, -0.05) is 6.58 Å². The van der Waals surface area contributed by atoms with Crippen molar-refractivity contribution in [3.05, 3.63) is 12.2 Å². The zero-order chi connectivity index (χ0) is 11.1. The van der Waals surface area contributed by atoms with Crippen molar-refractivity contribution in [2.45, 2.75) is 25.9 Å². The predicted octanol–water partition coefficient (Wildman–Crippen LogP) is 2.02. The van der Waals surface area contributed by atoms with E-state index in [-0.39, 0.29) is 5.97 Å². The fraction of sp³-hybridized carbons (Fsp3) is 0.727. The van der Waals surface area contributed by atoms with Gasteiger partial charge in [0.2, 0.25) is 0 Å². The molecule has 0 saturated carbocycles. The van der Waals surface area contributed by atoms with Gasteiger partial charge in [-0.2, -0.15) is 11.8 Å². The third kappa shape index (κ3) is 4.71. The van der Waals surface area contributed by atoms with E-state index in [2.05, 4.69) is 6.58 Å². The maximum atomic E-state index is 11.2. The minimum absolute atomic E-state index is 0.280. The molecule has 0 aliphatic carbocycles. The number of hydrogen-bond donors (Lipinski definition) is 0. The zero-order valence-corrected chi connectivity index (χ0v) is 9.98. The van der Waals surface area contributed by atoms with Crippen molar-refractivity contribution in [1.82, 2.24) is 0 Å². The fourth-order valence-corrected chi connectivity index (χ4v) is 2.39. The summed E-state index contributed by atoms with van der Waals surface area (Å²) >= 11 is 1.69. The molecule has 0 aromatic heterocycles. The van der Waals surface area contributed by atoms with Gasteiger partial charge in [0.05, 0.1) is 12.7 Å². The van der Waals surface area contributed by atoms with Crippen LogP contribution in [0.15, 0.2) is 12.2 Å². The minimum atomic E-state index is -0.280. The van der Waals surface area contributed by atoms with Crippen LogP contribution in [0.2, 0.25) is 0 Å². The summed E-state index contributed by atoms with van der Waals surface area (Å²) in [6.07, 6.45) is 2.66. The molecule has 4 heteroatoms. The lowest BCUT2D eigenvalue weighted by Crippen LogP contribution is -2.12. The lowest BCUT2D eigenvalue weighted by atomic mass is 10.3. The highest BCUT2D eigenvalue weighted by Crippen LogP contribution is 2.18. The van der Waals surface area contributed by atoms with E-state index in [1.54, 1.807) is 18.7 Å². The Morgan fingerprint density at radius 2 is 2.47 bits per heavy atom. The van der Waals surface area contributed by atoms with Crippen LogP contribution >= 0.6 is 11.8 Å². The van der Waals surface area contributed by atoms with Crippen molar-refractivity contribution in [2.24, 2.45) is 0 Å². The van der Waals surface area contributed by atoms with Crippen molar-refractivity contribution in [3.8, 4) is 0 Å². The van der Waals surface area contributed by atoms with Gasteiger partial charge in [-0.25, -0.2) is 4.79 Å². The summed E-state index contributed by atoms with van der Waals surface area (Å²) in [4.78, 5) is 11.2. The van der Waals surface area contributed by atoms with E-state index in [0.29, 0.717) is 24.0 Å². The normalized spacial score (nSPS) is 20.2. The quantitative estimate of drug-likeness (QED) is 0.516. The van der Waals surface area contributed by atoms with Gasteiger partial charge in [0.25, 0.3) is 0 Å². The number of ether oxygens (including phenoxy) is 2. The largest absolute Gasteiger partial charge is 0.463 e. The molecule has 1 aliphatic heterocycles. The van der Waals surface area contributed by atoms with E-state index in [1.807, 2.05) is 0 Å². The van der Waals surface area contributed by atoms with Crippen LogP contribution in [-0.4, -0.2) is 36.8 Å². The number of hydrogen-bond acceptors (Lipinski definition) is 4. The molecule has 0 bridgehead atoms. The molecular weight excluding hydrogens is 212 g/mol. The molecule has 1 heterocycles. The van der Waals surface area contributed by atoms with Crippen molar-refractivity contribution < 1.29 is 14.3 Å². The molecule has 1 saturated heterocycles. The lowest BCUT2D eigenvalue weighted by molar-refractivity contribution is -0.138. The highest BCUT2D eigenvalue weighted by Gasteiger charge is 2.16. The number of rotatable bonds is 6. The first-order valence-corrected chi connectivity index (χ1v) is 6.43. The molecule has 0 amide bonds.